The van der Waals surface area contributed by atoms with Crippen molar-refractivity contribution in [2.45, 2.75) is 31.3 Å². The largest absolute Gasteiger partial charge is 0.418 e. The summed E-state index contributed by atoms with van der Waals surface area (Å²) in [5.41, 5.74) is -1.96. The molecule has 32 heavy (non-hydrogen) atoms. The molecule has 1 amide bonds. The minimum atomic E-state index is -5.01. The van der Waals surface area contributed by atoms with Gasteiger partial charge in [-0.2, -0.15) is 18.4 Å². The lowest BCUT2D eigenvalue weighted by Gasteiger charge is -2.18. The van der Waals surface area contributed by atoms with Crippen LogP contribution in [0.3, 0.4) is 0 Å². The number of alkyl halides is 3. The van der Waals surface area contributed by atoms with Crippen molar-refractivity contribution < 1.29 is 33.3 Å². The van der Waals surface area contributed by atoms with Crippen molar-refractivity contribution in [2.24, 2.45) is 0 Å². The van der Waals surface area contributed by atoms with Crippen LogP contribution in [0, 0.1) is 11.3 Å². The number of halogens is 3. The van der Waals surface area contributed by atoms with E-state index in [-0.39, 0.29) is 5.56 Å². The minimum Gasteiger partial charge on any atom is -0.394 e. The predicted molar refractivity (Wildman–Crippen MR) is 111 cm³/mol. The van der Waals surface area contributed by atoms with Gasteiger partial charge >= 0.3 is 6.18 Å². The van der Waals surface area contributed by atoms with E-state index in [0.29, 0.717) is 11.4 Å². The third kappa shape index (κ3) is 5.02. The van der Waals surface area contributed by atoms with Gasteiger partial charge in [0, 0.05) is 24.8 Å². The van der Waals surface area contributed by atoms with Crippen molar-refractivity contribution in [3.05, 3.63) is 47.5 Å². The van der Waals surface area contributed by atoms with Crippen LogP contribution < -0.4 is 10.2 Å². The molecule has 7 nitrogen and oxygen atoms in total. The third-order valence-corrected chi connectivity index (χ3v) is 5.28. The van der Waals surface area contributed by atoms with Gasteiger partial charge in [-0.15, -0.1) is 0 Å². The Bertz CT molecular complexity index is 1090. The van der Waals surface area contributed by atoms with Crippen LogP contribution in [0.2, 0.25) is 0 Å². The maximum atomic E-state index is 13.9. The lowest BCUT2D eigenvalue weighted by molar-refractivity contribution is -0.118. The topological polar surface area (TPSA) is 117 Å². The Balaban J connectivity index is 1.96. The first-order chi connectivity index (χ1) is 15.1. The zero-order valence-corrected chi connectivity index (χ0v) is 17.1. The van der Waals surface area contributed by atoms with Crippen molar-refractivity contribution >= 4 is 27.9 Å². The van der Waals surface area contributed by atoms with Gasteiger partial charge < -0.3 is 25.5 Å². The predicted octanol–water partition coefficient (Wildman–Crippen LogP) is 1.72. The van der Waals surface area contributed by atoms with Gasteiger partial charge in [-0.25, -0.2) is 0 Å². The summed E-state index contributed by atoms with van der Waals surface area (Å²) >= 11 is 0. The van der Waals surface area contributed by atoms with Gasteiger partial charge in [0.15, 0.2) is 0 Å². The molecular weight excluding hydrogens is 427 g/mol. The molecule has 0 spiro atoms. The van der Waals surface area contributed by atoms with Crippen molar-refractivity contribution in [1.82, 2.24) is 5.32 Å². The number of benzene rings is 2. The number of hydrogen-bond donors (Lipinski definition) is 4. The first-order valence-corrected chi connectivity index (χ1v) is 9.84. The Kier molecular flexibility index (Phi) is 6.74. The molecule has 1 aliphatic rings. The molecule has 1 aliphatic heterocycles. The summed E-state index contributed by atoms with van der Waals surface area (Å²) < 4.78 is 41.7. The number of nitrogens with zero attached hydrogens (tertiary/aromatic N) is 2. The fourth-order valence-corrected chi connectivity index (χ4v) is 3.38. The molecule has 3 rings (SSSR count). The number of carbonyl (C=O) groups is 1. The molecule has 0 radical (unpaired) electrons. The quantitative estimate of drug-likeness (QED) is 0.291. The lowest BCUT2D eigenvalue weighted by Crippen LogP contribution is -2.41. The molecule has 1 fully saturated rings. The maximum absolute atomic E-state index is 13.9. The summed E-state index contributed by atoms with van der Waals surface area (Å²) in [5, 5.41) is 40.2. The Morgan fingerprint density at radius 2 is 1.84 bits per heavy atom. The van der Waals surface area contributed by atoms with E-state index >= 15 is 0 Å². The van der Waals surface area contributed by atoms with Gasteiger partial charge in [0.25, 0.3) is 5.91 Å². The summed E-state index contributed by atoms with van der Waals surface area (Å²) in [6.07, 6.45) is -8.21. The molecule has 10 heteroatoms. The highest BCUT2D eigenvalue weighted by molar-refractivity contribution is 6.06. The molecule has 2 aromatic carbocycles. The van der Waals surface area contributed by atoms with Crippen LogP contribution >= 0.6 is 0 Å². The molecule has 1 heterocycles. The van der Waals surface area contributed by atoms with E-state index in [0.717, 1.165) is 17.6 Å². The molecule has 0 saturated carbocycles. The average Bonchev–Trinajstić information content (AvgIpc) is 3.49. The highest BCUT2D eigenvalue weighted by Gasteiger charge is 2.40. The lowest BCUT2D eigenvalue weighted by atomic mass is 9.96. The summed E-state index contributed by atoms with van der Waals surface area (Å²) in [4.78, 5) is 14.5. The normalized spacial score (nSPS) is 18.6. The van der Waals surface area contributed by atoms with E-state index in [1.54, 1.807) is 12.1 Å². The fraction of sp³-hybridized carbons (Fsp3) is 0.364. The number of allylic oxidation sites excluding steroid dienone is 1. The van der Waals surface area contributed by atoms with Crippen molar-refractivity contribution in [3.8, 4) is 6.07 Å². The Morgan fingerprint density at radius 1 is 1.22 bits per heavy atom. The third-order valence-electron chi connectivity index (χ3n) is 5.28. The van der Waals surface area contributed by atoms with Crippen LogP contribution in [0.25, 0.3) is 16.3 Å². The monoisotopic (exact) mass is 449 g/mol. The number of nitrogens with one attached hydrogen (secondary N) is 1. The van der Waals surface area contributed by atoms with Crippen LogP contribution in [-0.4, -0.2) is 65.3 Å². The first-order valence-electron chi connectivity index (χ1n) is 9.84. The molecule has 1 saturated heterocycles. The fourth-order valence-electron chi connectivity index (χ4n) is 3.38. The molecule has 3 atom stereocenters. The number of hydrogen-bond acceptors (Lipinski definition) is 6. The molecule has 0 aromatic heterocycles. The first kappa shape index (κ1) is 23.5. The van der Waals surface area contributed by atoms with Crippen molar-refractivity contribution in [2.75, 3.05) is 24.6 Å². The van der Waals surface area contributed by atoms with Crippen molar-refractivity contribution in [1.29, 1.82) is 5.26 Å². The summed E-state index contributed by atoms with van der Waals surface area (Å²) in [6.45, 7) is 1.52. The molecule has 3 unspecified atom stereocenters. The number of fused-ring (bicyclic) bond motifs is 1. The van der Waals surface area contributed by atoms with Gasteiger partial charge in [0.05, 0.1) is 18.3 Å². The standard InChI is InChI=1S/C22H22F3N3O4/c1-12-10-28(12)16-5-4-13-6-15(3-2-14(13)7-16)20(22(23,24)25)17(8-26)21(32)27-9-18(30)19(31)11-29/h2-7,12,18-19,29-31H,9-11H2,1H3,(H,27,32)/b20-17-. The summed E-state index contributed by atoms with van der Waals surface area (Å²) in [5.74, 6) is -1.35. The summed E-state index contributed by atoms with van der Waals surface area (Å²) in [6, 6.07) is 11.1. The van der Waals surface area contributed by atoms with Crippen LogP contribution in [-0.2, 0) is 4.79 Å². The smallest absolute Gasteiger partial charge is 0.394 e. The highest BCUT2D eigenvalue weighted by Crippen LogP contribution is 2.38. The molecule has 170 valence electrons. The Labute approximate surface area is 182 Å². The van der Waals surface area contributed by atoms with Crippen LogP contribution in [0.1, 0.15) is 12.5 Å². The van der Waals surface area contributed by atoms with Gasteiger partial charge in [0.2, 0.25) is 0 Å². The van der Waals surface area contributed by atoms with Gasteiger partial charge in [-0.1, -0.05) is 18.2 Å². The SMILES string of the molecule is CC1CN1c1ccc2cc(/C(=C(\C#N)C(=O)NCC(O)C(O)CO)C(F)(F)F)ccc2c1. The second kappa shape index (κ2) is 9.16. The minimum absolute atomic E-state index is 0.347. The van der Waals surface area contributed by atoms with Crippen LogP contribution in [0.5, 0.6) is 0 Å². The average molecular weight is 449 g/mol. The number of anilines is 1. The molecule has 0 aliphatic carbocycles. The van der Waals surface area contributed by atoms with E-state index in [1.807, 2.05) is 11.4 Å². The number of amides is 1. The number of aliphatic hydroxyl groups is 3. The number of aliphatic hydroxyl groups excluding tert-OH is 3. The maximum Gasteiger partial charge on any atom is 0.418 e. The molecule has 4 N–H and O–H groups in total. The number of rotatable bonds is 7. The number of nitriles is 1. The molecule has 2 aromatic rings. The molecule has 0 bridgehead atoms. The molecular formula is C22H22F3N3O4. The van der Waals surface area contributed by atoms with E-state index in [9.17, 15) is 33.4 Å². The second-order valence-electron chi connectivity index (χ2n) is 7.63. The zero-order valence-electron chi connectivity index (χ0n) is 17.1. The van der Waals surface area contributed by atoms with Crippen molar-refractivity contribution in [3.63, 3.8) is 0 Å². The van der Waals surface area contributed by atoms with E-state index in [2.05, 4.69) is 11.8 Å². The summed E-state index contributed by atoms with van der Waals surface area (Å²) in [7, 11) is 0. The van der Waals surface area contributed by atoms with Gasteiger partial charge in [-0.05, 0) is 41.5 Å². The second-order valence-corrected chi connectivity index (χ2v) is 7.63. The van der Waals surface area contributed by atoms with Gasteiger partial charge in [0.1, 0.15) is 17.7 Å². The zero-order chi connectivity index (χ0) is 23.6. The van der Waals surface area contributed by atoms with E-state index in [4.69, 9.17) is 5.11 Å². The number of carbonyl (C=O) groups excluding carboxylic acids is 1. The van der Waals surface area contributed by atoms with Gasteiger partial charge in [-0.3, -0.25) is 4.79 Å². The Hall–Kier alpha value is -3.13. The van der Waals surface area contributed by atoms with Crippen LogP contribution in [0.15, 0.2) is 42.0 Å². The Morgan fingerprint density at radius 3 is 2.41 bits per heavy atom. The highest BCUT2D eigenvalue weighted by atomic mass is 19.4. The van der Waals surface area contributed by atoms with E-state index < -0.39 is 48.6 Å². The van der Waals surface area contributed by atoms with Crippen LogP contribution in [0.4, 0.5) is 18.9 Å². The van der Waals surface area contributed by atoms with E-state index in [1.165, 1.54) is 24.3 Å².